The van der Waals surface area contributed by atoms with E-state index >= 15 is 0 Å². The molecule has 0 radical (unpaired) electrons. The van der Waals surface area contributed by atoms with Crippen LogP contribution in [-0.4, -0.2) is 62.7 Å². The van der Waals surface area contributed by atoms with Crippen molar-refractivity contribution in [2.75, 3.05) is 32.5 Å². The summed E-state index contributed by atoms with van der Waals surface area (Å²) in [5.74, 6) is -1.08. The lowest BCUT2D eigenvalue weighted by atomic mass is 10.0. The Morgan fingerprint density at radius 3 is 2.36 bits per heavy atom. The number of sulfonamides is 1. The minimum absolute atomic E-state index is 0.0642. The molecule has 4 rings (SSSR count). The molecule has 12 heteroatoms. The summed E-state index contributed by atoms with van der Waals surface area (Å²) in [5.41, 5.74) is 2.20. The Bertz CT molecular complexity index is 1470. The van der Waals surface area contributed by atoms with Crippen LogP contribution >= 0.6 is 11.3 Å². The molecule has 0 aliphatic carbocycles. The first-order chi connectivity index (χ1) is 18.6. The number of urea groups is 1. The summed E-state index contributed by atoms with van der Waals surface area (Å²) in [6.07, 6.45) is 0.620. The lowest BCUT2D eigenvalue weighted by Crippen LogP contribution is -2.38. The van der Waals surface area contributed by atoms with Gasteiger partial charge in [0.2, 0.25) is 10.0 Å². The summed E-state index contributed by atoms with van der Waals surface area (Å²) in [5, 5.41) is 7.82. The summed E-state index contributed by atoms with van der Waals surface area (Å²) in [4.78, 5) is 41.2. The second-order valence-electron chi connectivity index (χ2n) is 9.09. The van der Waals surface area contributed by atoms with Gasteiger partial charge in [0, 0.05) is 44.2 Å². The highest BCUT2D eigenvalue weighted by Gasteiger charge is 2.29. The minimum Gasteiger partial charge on any atom is -0.341 e. The average molecular weight is 570 g/mol. The predicted octanol–water partition coefficient (Wildman–Crippen LogP) is 3.27. The van der Waals surface area contributed by atoms with Crippen LogP contribution in [0, 0.1) is 0 Å². The van der Waals surface area contributed by atoms with Gasteiger partial charge in [-0.25, -0.2) is 13.2 Å². The summed E-state index contributed by atoms with van der Waals surface area (Å²) < 4.78 is 27.4. The highest BCUT2D eigenvalue weighted by Crippen LogP contribution is 2.37. The van der Waals surface area contributed by atoms with Gasteiger partial charge in [0.25, 0.3) is 11.8 Å². The van der Waals surface area contributed by atoms with E-state index in [-0.39, 0.29) is 22.6 Å². The van der Waals surface area contributed by atoms with Crippen molar-refractivity contribution < 1.29 is 22.8 Å². The molecule has 3 aromatic rings. The molecule has 0 bridgehead atoms. The van der Waals surface area contributed by atoms with E-state index in [0.29, 0.717) is 18.0 Å². The molecule has 0 fully saturated rings. The maximum Gasteiger partial charge on any atom is 0.321 e. The molecular weight excluding hydrogens is 538 g/mol. The number of benzene rings is 2. The van der Waals surface area contributed by atoms with E-state index in [1.807, 2.05) is 30.3 Å². The van der Waals surface area contributed by atoms with Crippen molar-refractivity contribution in [2.24, 2.45) is 0 Å². The number of nitrogens with one attached hydrogen (secondary N) is 3. The summed E-state index contributed by atoms with van der Waals surface area (Å²) in [6, 6.07) is 14.3. The number of nitrogens with zero attached hydrogens (tertiary/aromatic N) is 2. The highest BCUT2D eigenvalue weighted by atomic mass is 32.2. The topological polar surface area (TPSA) is 128 Å². The standard InChI is InChI=1S/C27H31N5O5S2/c1-4-32-15-14-21-22(17-32)38-26(23(21)25(34)30-27(35)28-2)29-24(33)19-10-12-20(13-11-19)39(36,37)31(3)16-18-8-6-5-7-9-18/h5-13H,4,14-17H2,1-3H3,(H,29,33)(H2,28,30,34,35). The quantitative estimate of drug-likeness (QED) is 0.382. The third-order valence-electron chi connectivity index (χ3n) is 6.56. The minimum atomic E-state index is -3.77. The van der Waals surface area contributed by atoms with Gasteiger partial charge in [-0.3, -0.25) is 19.8 Å². The first-order valence-electron chi connectivity index (χ1n) is 12.5. The Balaban J connectivity index is 1.54. The third-order valence-corrected chi connectivity index (χ3v) is 9.51. The molecule has 2 heterocycles. The number of fused-ring (bicyclic) bond motifs is 1. The maximum atomic E-state index is 13.2. The number of anilines is 1. The fourth-order valence-electron chi connectivity index (χ4n) is 4.34. The van der Waals surface area contributed by atoms with Gasteiger partial charge in [-0.2, -0.15) is 4.31 Å². The molecular formula is C27H31N5O5S2. The van der Waals surface area contributed by atoms with Crippen molar-refractivity contribution in [3.8, 4) is 0 Å². The van der Waals surface area contributed by atoms with Crippen LogP contribution < -0.4 is 16.0 Å². The molecule has 1 aromatic heterocycles. The van der Waals surface area contributed by atoms with Gasteiger partial charge in [-0.15, -0.1) is 11.3 Å². The zero-order valence-corrected chi connectivity index (χ0v) is 23.6. The average Bonchev–Trinajstić information content (AvgIpc) is 3.30. The van der Waals surface area contributed by atoms with Crippen LogP contribution in [-0.2, 0) is 29.5 Å². The zero-order valence-electron chi connectivity index (χ0n) is 22.0. The van der Waals surface area contributed by atoms with Crippen LogP contribution in [0.2, 0.25) is 0 Å². The van der Waals surface area contributed by atoms with Crippen LogP contribution in [0.15, 0.2) is 59.5 Å². The summed E-state index contributed by atoms with van der Waals surface area (Å²) >= 11 is 1.31. The van der Waals surface area contributed by atoms with E-state index in [2.05, 4.69) is 27.8 Å². The number of rotatable bonds is 8. The normalized spacial score (nSPS) is 13.5. The second-order valence-corrected chi connectivity index (χ2v) is 12.2. The van der Waals surface area contributed by atoms with Crippen LogP contribution in [0.5, 0.6) is 0 Å². The van der Waals surface area contributed by atoms with Crippen molar-refractivity contribution in [2.45, 2.75) is 31.3 Å². The fourth-order valence-corrected chi connectivity index (χ4v) is 6.78. The van der Waals surface area contributed by atoms with Crippen molar-refractivity contribution in [3.63, 3.8) is 0 Å². The number of likely N-dealkylation sites (N-methyl/N-ethyl adjacent to an activating group) is 1. The van der Waals surface area contributed by atoms with Crippen molar-refractivity contribution >= 4 is 44.2 Å². The van der Waals surface area contributed by atoms with Crippen LogP contribution in [0.1, 0.15) is 43.6 Å². The molecule has 4 amide bonds. The van der Waals surface area contributed by atoms with E-state index in [9.17, 15) is 22.8 Å². The van der Waals surface area contributed by atoms with Crippen LogP contribution in [0.3, 0.4) is 0 Å². The van der Waals surface area contributed by atoms with Crippen LogP contribution in [0.25, 0.3) is 0 Å². The zero-order chi connectivity index (χ0) is 28.2. The van der Waals surface area contributed by atoms with E-state index < -0.39 is 27.9 Å². The number of amides is 4. The lowest BCUT2D eigenvalue weighted by Gasteiger charge is -2.25. The highest BCUT2D eigenvalue weighted by molar-refractivity contribution is 7.89. The fraction of sp³-hybridized carbons (Fsp3) is 0.296. The monoisotopic (exact) mass is 569 g/mol. The number of carbonyl (C=O) groups excluding carboxylic acids is 3. The summed E-state index contributed by atoms with van der Waals surface area (Å²) in [7, 11) is -0.852. The van der Waals surface area contributed by atoms with Gasteiger partial charge < -0.3 is 10.6 Å². The first kappa shape index (κ1) is 28.4. The van der Waals surface area contributed by atoms with Gasteiger partial charge in [0.05, 0.1) is 10.5 Å². The Hall–Kier alpha value is -3.58. The summed E-state index contributed by atoms with van der Waals surface area (Å²) in [6.45, 7) is 4.54. The molecule has 0 spiro atoms. The number of thiophene rings is 1. The first-order valence-corrected chi connectivity index (χ1v) is 14.7. The molecule has 0 saturated carbocycles. The Morgan fingerprint density at radius 1 is 1.03 bits per heavy atom. The lowest BCUT2D eigenvalue weighted by molar-refractivity contribution is 0.0964. The smallest absolute Gasteiger partial charge is 0.321 e. The van der Waals surface area contributed by atoms with E-state index in [1.165, 1.54) is 54.0 Å². The molecule has 0 saturated heterocycles. The molecule has 206 valence electrons. The van der Waals surface area contributed by atoms with E-state index in [1.54, 1.807) is 0 Å². The van der Waals surface area contributed by atoms with Crippen molar-refractivity contribution in [3.05, 3.63) is 81.7 Å². The Labute approximate surface area is 232 Å². The maximum absolute atomic E-state index is 13.2. The van der Waals surface area contributed by atoms with E-state index in [0.717, 1.165) is 29.1 Å². The van der Waals surface area contributed by atoms with Gasteiger partial charge in [-0.05, 0) is 48.4 Å². The SMILES string of the molecule is CCN1CCc2c(sc(NC(=O)c3ccc(S(=O)(=O)N(C)Cc4ccccc4)cc3)c2C(=O)NC(=O)NC)C1. The molecule has 0 unspecified atom stereocenters. The largest absolute Gasteiger partial charge is 0.341 e. The second kappa shape index (κ2) is 12.1. The van der Waals surface area contributed by atoms with Gasteiger partial charge in [0.1, 0.15) is 5.00 Å². The number of hydrogen-bond acceptors (Lipinski definition) is 7. The van der Waals surface area contributed by atoms with Crippen molar-refractivity contribution in [1.82, 2.24) is 19.8 Å². The molecule has 0 atom stereocenters. The third kappa shape index (κ3) is 6.36. The Morgan fingerprint density at radius 2 is 1.72 bits per heavy atom. The molecule has 39 heavy (non-hydrogen) atoms. The van der Waals surface area contributed by atoms with E-state index in [4.69, 9.17) is 0 Å². The Kier molecular flexibility index (Phi) is 8.80. The molecule has 1 aliphatic rings. The van der Waals surface area contributed by atoms with Gasteiger partial charge in [-0.1, -0.05) is 37.3 Å². The number of hydrogen-bond donors (Lipinski definition) is 3. The number of imide groups is 1. The molecule has 10 nitrogen and oxygen atoms in total. The van der Waals surface area contributed by atoms with Gasteiger partial charge in [0.15, 0.2) is 0 Å². The van der Waals surface area contributed by atoms with Crippen LogP contribution in [0.4, 0.5) is 9.80 Å². The predicted molar refractivity (Wildman–Crippen MR) is 150 cm³/mol. The molecule has 2 aromatic carbocycles. The molecule has 1 aliphatic heterocycles. The van der Waals surface area contributed by atoms with Crippen molar-refractivity contribution in [1.29, 1.82) is 0 Å². The van der Waals surface area contributed by atoms with Gasteiger partial charge >= 0.3 is 6.03 Å². The molecule has 3 N–H and O–H groups in total. The number of carbonyl (C=O) groups is 3.